The lowest BCUT2D eigenvalue weighted by Crippen LogP contribution is -2.39. The lowest BCUT2D eigenvalue weighted by Gasteiger charge is -2.26. The molecule has 0 radical (unpaired) electrons. The van der Waals surface area contributed by atoms with Crippen LogP contribution in [-0.2, 0) is 6.42 Å². The molecule has 2 nitrogen and oxygen atoms in total. The molecular formula is C16H23BrN2. The number of fused-ring (bicyclic) bond motifs is 1. The molecule has 0 aromatic heterocycles. The number of likely N-dealkylation sites (tertiary alicyclic amines) is 1. The molecule has 1 aromatic carbocycles. The van der Waals surface area contributed by atoms with Crippen molar-refractivity contribution in [2.45, 2.75) is 44.7 Å². The molecule has 1 aromatic rings. The molecule has 1 aliphatic carbocycles. The van der Waals surface area contributed by atoms with Gasteiger partial charge in [0.05, 0.1) is 0 Å². The summed E-state index contributed by atoms with van der Waals surface area (Å²) in [5, 5.41) is 3.78. The molecule has 1 aliphatic heterocycles. The summed E-state index contributed by atoms with van der Waals surface area (Å²) in [7, 11) is 0. The number of rotatable bonds is 4. The van der Waals surface area contributed by atoms with Crippen LogP contribution in [0.25, 0.3) is 0 Å². The standard InChI is InChI=1S/C16H23BrN2/c1-12(19-9-2-3-10-19)11-18-16-8-7-13-14(16)5-4-6-15(13)17/h4-6,12,16,18H,2-3,7-11H2,1H3. The third-order valence-corrected chi connectivity index (χ3v) is 5.38. The van der Waals surface area contributed by atoms with E-state index in [1.54, 1.807) is 0 Å². The predicted octanol–water partition coefficient (Wildman–Crippen LogP) is 3.51. The third-order valence-electron chi connectivity index (χ3n) is 4.64. The zero-order valence-corrected chi connectivity index (χ0v) is 13.2. The summed E-state index contributed by atoms with van der Waals surface area (Å²) in [6, 6.07) is 7.82. The van der Waals surface area contributed by atoms with Crippen molar-refractivity contribution < 1.29 is 0 Å². The zero-order valence-electron chi connectivity index (χ0n) is 11.7. The summed E-state index contributed by atoms with van der Waals surface area (Å²) >= 11 is 3.67. The maximum Gasteiger partial charge on any atom is 0.0327 e. The van der Waals surface area contributed by atoms with E-state index in [0.717, 1.165) is 6.54 Å². The van der Waals surface area contributed by atoms with Gasteiger partial charge in [0.25, 0.3) is 0 Å². The van der Waals surface area contributed by atoms with Crippen LogP contribution in [0, 0.1) is 0 Å². The largest absolute Gasteiger partial charge is 0.308 e. The minimum absolute atomic E-state index is 0.553. The highest BCUT2D eigenvalue weighted by Gasteiger charge is 2.25. The molecule has 3 rings (SSSR count). The number of hydrogen-bond acceptors (Lipinski definition) is 2. The summed E-state index contributed by atoms with van der Waals surface area (Å²) in [6.45, 7) is 6.04. The quantitative estimate of drug-likeness (QED) is 0.912. The van der Waals surface area contributed by atoms with E-state index in [9.17, 15) is 0 Å². The lowest BCUT2D eigenvalue weighted by atomic mass is 10.1. The smallest absolute Gasteiger partial charge is 0.0327 e. The zero-order chi connectivity index (χ0) is 13.2. The van der Waals surface area contributed by atoms with Crippen molar-refractivity contribution in [3.8, 4) is 0 Å². The number of nitrogens with one attached hydrogen (secondary N) is 1. The van der Waals surface area contributed by atoms with Crippen LogP contribution in [0.4, 0.5) is 0 Å². The number of nitrogens with zero attached hydrogens (tertiary/aromatic N) is 1. The molecule has 1 heterocycles. The Morgan fingerprint density at radius 2 is 2.16 bits per heavy atom. The van der Waals surface area contributed by atoms with E-state index in [4.69, 9.17) is 0 Å². The summed E-state index contributed by atoms with van der Waals surface area (Å²) in [6.07, 6.45) is 5.20. The first kappa shape index (κ1) is 13.6. The summed E-state index contributed by atoms with van der Waals surface area (Å²) in [4.78, 5) is 2.61. The molecule has 104 valence electrons. The molecule has 19 heavy (non-hydrogen) atoms. The van der Waals surface area contributed by atoms with Crippen LogP contribution in [0.15, 0.2) is 22.7 Å². The van der Waals surface area contributed by atoms with Gasteiger partial charge >= 0.3 is 0 Å². The van der Waals surface area contributed by atoms with Crippen LogP contribution >= 0.6 is 15.9 Å². The van der Waals surface area contributed by atoms with Gasteiger partial charge in [-0.15, -0.1) is 0 Å². The first-order chi connectivity index (χ1) is 9.25. The Balaban J connectivity index is 1.59. The minimum atomic E-state index is 0.553. The van der Waals surface area contributed by atoms with E-state index in [2.05, 4.69) is 51.3 Å². The van der Waals surface area contributed by atoms with Gasteiger partial charge in [0.2, 0.25) is 0 Å². The minimum Gasteiger partial charge on any atom is -0.308 e. The normalized spacial score (nSPS) is 24.6. The van der Waals surface area contributed by atoms with Crippen molar-refractivity contribution in [2.75, 3.05) is 19.6 Å². The Bertz CT molecular complexity index is 440. The third kappa shape index (κ3) is 2.88. The van der Waals surface area contributed by atoms with Gasteiger partial charge < -0.3 is 5.32 Å². The van der Waals surface area contributed by atoms with E-state index in [1.165, 1.54) is 54.4 Å². The second-order valence-corrected chi connectivity index (χ2v) is 6.75. The van der Waals surface area contributed by atoms with E-state index in [-0.39, 0.29) is 0 Å². The van der Waals surface area contributed by atoms with Crippen LogP contribution in [0.3, 0.4) is 0 Å². The maximum absolute atomic E-state index is 3.78. The molecule has 1 fully saturated rings. The molecular weight excluding hydrogens is 300 g/mol. The number of benzene rings is 1. The molecule has 3 heteroatoms. The van der Waals surface area contributed by atoms with Gasteiger partial charge in [0, 0.05) is 23.1 Å². The van der Waals surface area contributed by atoms with Gasteiger partial charge in [-0.1, -0.05) is 28.1 Å². The molecule has 2 atom stereocenters. The summed E-state index contributed by atoms with van der Waals surface area (Å²) < 4.78 is 1.28. The highest BCUT2D eigenvalue weighted by Crippen LogP contribution is 2.35. The van der Waals surface area contributed by atoms with Crippen LogP contribution in [0.2, 0.25) is 0 Å². The molecule has 0 spiro atoms. The van der Waals surface area contributed by atoms with Crippen LogP contribution < -0.4 is 5.32 Å². The first-order valence-electron chi connectivity index (χ1n) is 7.50. The molecule has 2 unspecified atom stereocenters. The van der Waals surface area contributed by atoms with E-state index < -0.39 is 0 Å². The molecule has 2 aliphatic rings. The van der Waals surface area contributed by atoms with Gasteiger partial charge in [0.15, 0.2) is 0 Å². The molecule has 0 bridgehead atoms. The van der Waals surface area contributed by atoms with Crippen molar-refractivity contribution in [3.63, 3.8) is 0 Å². The van der Waals surface area contributed by atoms with Crippen LogP contribution in [0.1, 0.15) is 43.4 Å². The van der Waals surface area contributed by atoms with Gasteiger partial charge in [-0.2, -0.15) is 0 Å². The Hall–Kier alpha value is -0.380. The second-order valence-electron chi connectivity index (χ2n) is 5.90. The fourth-order valence-corrected chi connectivity index (χ4v) is 4.03. The van der Waals surface area contributed by atoms with Gasteiger partial charge in [-0.25, -0.2) is 0 Å². The van der Waals surface area contributed by atoms with Crippen molar-refractivity contribution in [1.82, 2.24) is 10.2 Å². The van der Waals surface area contributed by atoms with Crippen molar-refractivity contribution >= 4 is 15.9 Å². The van der Waals surface area contributed by atoms with Crippen molar-refractivity contribution in [3.05, 3.63) is 33.8 Å². The highest BCUT2D eigenvalue weighted by molar-refractivity contribution is 9.10. The molecule has 0 saturated carbocycles. The maximum atomic E-state index is 3.78. The molecule has 1 N–H and O–H groups in total. The van der Waals surface area contributed by atoms with Gasteiger partial charge in [-0.3, -0.25) is 4.90 Å². The molecule has 1 saturated heterocycles. The van der Waals surface area contributed by atoms with E-state index in [0.29, 0.717) is 12.1 Å². The van der Waals surface area contributed by atoms with E-state index in [1.807, 2.05) is 0 Å². The number of hydrogen-bond donors (Lipinski definition) is 1. The SMILES string of the molecule is CC(CNC1CCc2c(Br)cccc21)N1CCCC1. The molecule has 0 amide bonds. The van der Waals surface area contributed by atoms with Crippen molar-refractivity contribution in [1.29, 1.82) is 0 Å². The lowest BCUT2D eigenvalue weighted by molar-refractivity contribution is 0.245. The Labute approximate surface area is 124 Å². The van der Waals surface area contributed by atoms with E-state index >= 15 is 0 Å². The highest BCUT2D eigenvalue weighted by atomic mass is 79.9. The van der Waals surface area contributed by atoms with Crippen molar-refractivity contribution in [2.24, 2.45) is 0 Å². The summed E-state index contributed by atoms with van der Waals surface area (Å²) in [5.41, 5.74) is 3.01. The average Bonchev–Trinajstić information content (AvgIpc) is 3.06. The fraction of sp³-hybridized carbons (Fsp3) is 0.625. The Morgan fingerprint density at radius 1 is 1.37 bits per heavy atom. The number of halogens is 1. The fourth-order valence-electron chi connectivity index (χ4n) is 3.45. The Kier molecular flexibility index (Phi) is 4.25. The van der Waals surface area contributed by atoms with Crippen LogP contribution in [-0.4, -0.2) is 30.6 Å². The van der Waals surface area contributed by atoms with Gasteiger partial charge in [-0.05, 0) is 62.9 Å². The Morgan fingerprint density at radius 3 is 2.95 bits per heavy atom. The van der Waals surface area contributed by atoms with Gasteiger partial charge in [0.1, 0.15) is 0 Å². The monoisotopic (exact) mass is 322 g/mol. The van der Waals surface area contributed by atoms with Crippen LogP contribution in [0.5, 0.6) is 0 Å². The average molecular weight is 323 g/mol. The topological polar surface area (TPSA) is 15.3 Å². The first-order valence-corrected chi connectivity index (χ1v) is 8.29. The second kappa shape index (κ2) is 5.94. The predicted molar refractivity (Wildman–Crippen MR) is 83.5 cm³/mol. The summed E-state index contributed by atoms with van der Waals surface area (Å²) in [5.74, 6) is 0.